The van der Waals surface area contributed by atoms with E-state index in [2.05, 4.69) is 0 Å². The van der Waals surface area contributed by atoms with Gasteiger partial charge in [-0.3, -0.25) is 4.79 Å². The maximum atomic E-state index is 13.0. The number of hydrogen-bond acceptors (Lipinski definition) is 3. The van der Waals surface area contributed by atoms with Gasteiger partial charge < -0.3 is 0 Å². The number of aldehydes is 1. The van der Waals surface area contributed by atoms with E-state index in [9.17, 15) is 9.18 Å². The largest absolute Gasteiger partial charge is 0.298 e. The molecule has 1 aromatic rings. The van der Waals surface area contributed by atoms with E-state index in [0.717, 1.165) is 6.07 Å². The first-order valence-electron chi connectivity index (χ1n) is 3.78. The second-order valence-electron chi connectivity index (χ2n) is 2.56. The zero-order valence-electron chi connectivity index (χ0n) is 7.12. The molecule has 68 valence electrons. The van der Waals surface area contributed by atoms with Gasteiger partial charge in [0, 0.05) is 5.56 Å². The smallest absolute Gasteiger partial charge is 0.151 e. The molecule has 0 unspecified atom stereocenters. The molecule has 14 heavy (non-hydrogen) atoms. The van der Waals surface area contributed by atoms with Gasteiger partial charge in [0.1, 0.15) is 11.9 Å². The van der Waals surface area contributed by atoms with Crippen LogP contribution in [0.4, 0.5) is 4.39 Å². The minimum Gasteiger partial charge on any atom is -0.298 e. The van der Waals surface area contributed by atoms with Crippen LogP contribution in [0.3, 0.4) is 0 Å². The molecule has 0 N–H and O–H groups in total. The van der Waals surface area contributed by atoms with Gasteiger partial charge in [-0.25, -0.2) is 4.39 Å². The van der Waals surface area contributed by atoms with Crippen LogP contribution in [0.1, 0.15) is 21.5 Å². The molecule has 3 nitrogen and oxygen atoms in total. The summed E-state index contributed by atoms with van der Waals surface area (Å²) in [5.41, 5.74) is 0.0438. The maximum absolute atomic E-state index is 13.0. The molecule has 1 rings (SSSR count). The monoisotopic (exact) mass is 188 g/mol. The van der Waals surface area contributed by atoms with Crippen molar-refractivity contribution >= 4 is 6.29 Å². The fourth-order valence-corrected chi connectivity index (χ4v) is 1.12. The molecule has 0 fully saturated rings. The first kappa shape index (κ1) is 9.88. The van der Waals surface area contributed by atoms with Gasteiger partial charge >= 0.3 is 0 Å². The van der Waals surface area contributed by atoms with Crippen molar-refractivity contribution in [2.24, 2.45) is 0 Å². The van der Waals surface area contributed by atoms with E-state index >= 15 is 0 Å². The topological polar surface area (TPSA) is 64.7 Å². The molecule has 0 aliphatic rings. The predicted molar refractivity (Wildman–Crippen MR) is 45.8 cm³/mol. The van der Waals surface area contributed by atoms with E-state index in [0.29, 0.717) is 11.8 Å². The Kier molecular flexibility index (Phi) is 2.93. The van der Waals surface area contributed by atoms with Gasteiger partial charge in [-0.05, 0) is 11.6 Å². The molecule has 0 spiro atoms. The Morgan fingerprint density at radius 3 is 2.64 bits per heavy atom. The van der Waals surface area contributed by atoms with Crippen molar-refractivity contribution in [3.8, 4) is 12.1 Å². The van der Waals surface area contributed by atoms with Crippen molar-refractivity contribution in [2.45, 2.75) is 6.42 Å². The van der Waals surface area contributed by atoms with Gasteiger partial charge in [0.2, 0.25) is 0 Å². The highest BCUT2D eigenvalue weighted by molar-refractivity contribution is 5.81. The molecule has 0 aliphatic carbocycles. The number of halogens is 1. The van der Waals surface area contributed by atoms with Crippen molar-refractivity contribution < 1.29 is 9.18 Å². The first-order valence-corrected chi connectivity index (χ1v) is 3.78. The minimum atomic E-state index is -0.740. The van der Waals surface area contributed by atoms with Gasteiger partial charge in [-0.15, -0.1) is 0 Å². The molecule has 0 radical (unpaired) electrons. The van der Waals surface area contributed by atoms with Crippen molar-refractivity contribution in [3.05, 3.63) is 34.6 Å². The van der Waals surface area contributed by atoms with Crippen molar-refractivity contribution in [3.63, 3.8) is 0 Å². The summed E-state index contributed by atoms with van der Waals surface area (Å²) in [5, 5.41) is 17.0. The summed E-state index contributed by atoms with van der Waals surface area (Å²) in [7, 11) is 0. The van der Waals surface area contributed by atoms with Crippen LogP contribution in [0.5, 0.6) is 0 Å². The third kappa shape index (κ3) is 1.60. The lowest BCUT2D eigenvalue weighted by Gasteiger charge is -2.02. The van der Waals surface area contributed by atoms with Gasteiger partial charge in [-0.1, -0.05) is 6.07 Å². The van der Waals surface area contributed by atoms with E-state index in [1.54, 1.807) is 6.07 Å². The van der Waals surface area contributed by atoms with Crippen LogP contribution in [-0.4, -0.2) is 6.29 Å². The van der Waals surface area contributed by atoms with Crippen LogP contribution in [0.25, 0.3) is 0 Å². The Morgan fingerprint density at radius 1 is 1.43 bits per heavy atom. The molecule has 0 amide bonds. The van der Waals surface area contributed by atoms with Crippen LogP contribution in [0.15, 0.2) is 12.1 Å². The van der Waals surface area contributed by atoms with Crippen LogP contribution < -0.4 is 0 Å². The van der Waals surface area contributed by atoms with Gasteiger partial charge in [0.25, 0.3) is 0 Å². The van der Waals surface area contributed by atoms with E-state index in [4.69, 9.17) is 10.5 Å². The summed E-state index contributed by atoms with van der Waals surface area (Å²) in [6.07, 6.45) is 0.386. The third-order valence-electron chi connectivity index (χ3n) is 1.78. The summed E-state index contributed by atoms with van der Waals surface area (Å²) in [6, 6.07) is 5.85. The van der Waals surface area contributed by atoms with Crippen molar-refractivity contribution in [2.75, 3.05) is 0 Å². The second kappa shape index (κ2) is 4.15. The van der Waals surface area contributed by atoms with E-state index in [1.165, 1.54) is 6.07 Å². The zero-order valence-corrected chi connectivity index (χ0v) is 7.12. The van der Waals surface area contributed by atoms with Crippen LogP contribution in [0, 0.1) is 28.5 Å². The highest BCUT2D eigenvalue weighted by Crippen LogP contribution is 2.16. The van der Waals surface area contributed by atoms with Gasteiger partial charge in [0.05, 0.1) is 18.1 Å². The summed E-state index contributed by atoms with van der Waals surface area (Å²) in [6.45, 7) is 0. The van der Waals surface area contributed by atoms with E-state index in [-0.39, 0.29) is 17.5 Å². The highest BCUT2D eigenvalue weighted by Gasteiger charge is 2.11. The molecule has 0 saturated heterocycles. The molecular formula is C10H5FN2O. The lowest BCUT2D eigenvalue weighted by atomic mass is 10.0. The molecule has 0 saturated carbocycles. The average Bonchev–Trinajstić information content (AvgIpc) is 2.20. The average molecular weight is 188 g/mol. The Labute approximate surface area is 80.0 Å². The van der Waals surface area contributed by atoms with Gasteiger partial charge in [-0.2, -0.15) is 10.5 Å². The number of benzene rings is 1. The SMILES string of the molecule is N#CCc1ccc(F)c(C#N)c1C=O. The number of carbonyl (C=O) groups is 1. The zero-order chi connectivity index (χ0) is 10.6. The Balaban J connectivity index is 3.44. The Hall–Kier alpha value is -2.20. The van der Waals surface area contributed by atoms with E-state index < -0.39 is 5.82 Å². The summed E-state index contributed by atoms with van der Waals surface area (Å²) >= 11 is 0. The lowest BCUT2D eigenvalue weighted by Crippen LogP contribution is -1.98. The molecule has 0 atom stereocenters. The second-order valence-corrected chi connectivity index (χ2v) is 2.56. The third-order valence-corrected chi connectivity index (χ3v) is 1.78. The maximum Gasteiger partial charge on any atom is 0.151 e. The van der Waals surface area contributed by atoms with Crippen LogP contribution >= 0.6 is 0 Å². The minimum absolute atomic E-state index is 0.0109. The molecule has 4 heteroatoms. The molecule has 0 bridgehead atoms. The summed E-state index contributed by atoms with van der Waals surface area (Å²) < 4.78 is 13.0. The highest BCUT2D eigenvalue weighted by atomic mass is 19.1. The quantitative estimate of drug-likeness (QED) is 0.661. The molecule has 0 aromatic heterocycles. The van der Waals surface area contributed by atoms with Crippen LogP contribution in [0.2, 0.25) is 0 Å². The van der Waals surface area contributed by atoms with Gasteiger partial charge in [0.15, 0.2) is 6.29 Å². The van der Waals surface area contributed by atoms with Crippen molar-refractivity contribution in [1.29, 1.82) is 10.5 Å². The number of rotatable bonds is 2. The Morgan fingerprint density at radius 2 is 2.14 bits per heavy atom. The fraction of sp³-hybridized carbons (Fsp3) is 0.100. The van der Waals surface area contributed by atoms with E-state index in [1.807, 2.05) is 6.07 Å². The Bertz CT molecular complexity index is 454. The number of nitriles is 2. The summed E-state index contributed by atoms with van der Waals surface area (Å²) in [4.78, 5) is 10.6. The molecule has 0 heterocycles. The predicted octanol–water partition coefficient (Wildman–Crippen LogP) is 1.58. The number of carbonyl (C=O) groups excluding carboxylic acids is 1. The number of hydrogen-bond donors (Lipinski definition) is 0. The number of nitrogens with zero attached hydrogens (tertiary/aromatic N) is 2. The van der Waals surface area contributed by atoms with Crippen LogP contribution in [-0.2, 0) is 6.42 Å². The fourth-order valence-electron chi connectivity index (χ4n) is 1.12. The van der Waals surface area contributed by atoms with Crippen molar-refractivity contribution in [1.82, 2.24) is 0 Å². The lowest BCUT2D eigenvalue weighted by molar-refractivity contribution is 0.112. The molecule has 0 aliphatic heterocycles. The first-order chi connectivity index (χ1) is 6.74. The normalized spacial score (nSPS) is 8.79. The molecule has 1 aromatic carbocycles. The summed E-state index contributed by atoms with van der Waals surface area (Å²) in [5.74, 6) is -0.740. The standard InChI is InChI=1S/C10H5FN2O/c11-10-2-1-7(3-4-12)9(6-14)8(10)5-13/h1-2,6H,3H2. The molecular weight excluding hydrogens is 183 g/mol.